The van der Waals surface area contributed by atoms with Crippen LogP contribution in [-0.4, -0.2) is 18.1 Å². The fraction of sp³-hybridized carbons (Fsp3) is 0.0714. The van der Waals surface area contributed by atoms with E-state index in [1.165, 1.54) is 11.8 Å². The summed E-state index contributed by atoms with van der Waals surface area (Å²) in [4.78, 5) is 24.6. The minimum absolute atomic E-state index is 0.0463. The molecule has 2 aliphatic rings. The predicted octanol–water partition coefficient (Wildman–Crippen LogP) is 7.33. The molecule has 0 saturated carbocycles. The fourth-order valence-corrected chi connectivity index (χ4v) is 6.55. The van der Waals surface area contributed by atoms with E-state index in [0.717, 1.165) is 43.3 Å². The molecule has 0 atom stereocenters. The summed E-state index contributed by atoms with van der Waals surface area (Å²) in [5.74, 6) is -0.0463. The van der Waals surface area contributed by atoms with Crippen molar-refractivity contribution in [2.45, 2.75) is 11.8 Å². The highest BCUT2D eigenvalue weighted by atomic mass is 32.2. The van der Waals surface area contributed by atoms with Crippen LogP contribution in [0.5, 0.6) is 0 Å². The molecule has 0 bridgehead atoms. The van der Waals surface area contributed by atoms with Crippen LogP contribution in [0.15, 0.2) is 111 Å². The molecule has 4 nitrogen and oxygen atoms in total. The van der Waals surface area contributed by atoms with Gasteiger partial charge >= 0.3 is 0 Å². The number of fused-ring (bicyclic) bond motifs is 2. The van der Waals surface area contributed by atoms with Crippen molar-refractivity contribution in [1.82, 2.24) is 0 Å². The van der Waals surface area contributed by atoms with Gasteiger partial charge in [0.25, 0.3) is 5.91 Å². The number of aliphatic imine (C=N–C) groups is 1. The number of para-hydroxylation sites is 1. The molecule has 166 valence electrons. The molecule has 1 amide bonds. The molecule has 2 heterocycles. The van der Waals surface area contributed by atoms with Crippen LogP contribution in [0.2, 0.25) is 0 Å². The number of amides is 1. The summed E-state index contributed by atoms with van der Waals surface area (Å²) < 4.78 is 0. The van der Waals surface area contributed by atoms with Crippen molar-refractivity contribution in [3.05, 3.63) is 106 Å². The largest absolute Gasteiger partial charge is 0.337 e. The van der Waals surface area contributed by atoms with Crippen molar-refractivity contribution < 1.29 is 4.79 Å². The molecule has 0 aliphatic carbocycles. The quantitative estimate of drug-likeness (QED) is 0.282. The van der Waals surface area contributed by atoms with E-state index in [2.05, 4.69) is 35.2 Å². The number of hydrogen-bond acceptors (Lipinski definition) is 5. The van der Waals surface area contributed by atoms with Gasteiger partial charge in [0.2, 0.25) is 0 Å². The van der Waals surface area contributed by atoms with E-state index in [1.54, 1.807) is 16.7 Å². The standard InChI is InChI=1S/C28H21N3OS2/c1-18-14-16-20(17-15-18)31-26(32)25(27-30(2)23-12-5-6-13-24(23)33-27)34-28(31)29-22-11-7-9-19-8-3-4-10-21(19)22/h3-17H,1-2H3. The molecular formula is C28H21N3OS2. The zero-order valence-electron chi connectivity index (χ0n) is 18.7. The third-order valence-electron chi connectivity index (χ3n) is 5.99. The summed E-state index contributed by atoms with van der Waals surface area (Å²) in [6.07, 6.45) is 0. The molecule has 0 spiro atoms. The third-order valence-corrected chi connectivity index (χ3v) is 8.38. The first-order valence-corrected chi connectivity index (χ1v) is 12.6. The highest BCUT2D eigenvalue weighted by Crippen LogP contribution is 2.50. The minimum Gasteiger partial charge on any atom is -0.337 e. The van der Waals surface area contributed by atoms with Gasteiger partial charge in [0, 0.05) is 17.3 Å². The first-order chi connectivity index (χ1) is 16.6. The van der Waals surface area contributed by atoms with Gasteiger partial charge < -0.3 is 4.90 Å². The number of benzene rings is 4. The van der Waals surface area contributed by atoms with Gasteiger partial charge in [-0.2, -0.15) is 0 Å². The summed E-state index contributed by atoms with van der Waals surface area (Å²) in [6, 6.07) is 30.6. The van der Waals surface area contributed by atoms with Crippen LogP contribution in [0.3, 0.4) is 0 Å². The molecule has 4 aromatic carbocycles. The number of amidine groups is 1. The molecule has 0 aromatic heterocycles. The molecule has 0 unspecified atom stereocenters. The van der Waals surface area contributed by atoms with Gasteiger partial charge in [-0.15, -0.1) is 0 Å². The smallest absolute Gasteiger partial charge is 0.274 e. The lowest BCUT2D eigenvalue weighted by Crippen LogP contribution is -2.29. The van der Waals surface area contributed by atoms with Gasteiger partial charge in [-0.05, 0) is 54.4 Å². The molecule has 34 heavy (non-hydrogen) atoms. The van der Waals surface area contributed by atoms with Gasteiger partial charge in [0.05, 0.1) is 22.1 Å². The second-order valence-corrected chi connectivity index (χ2v) is 10.2. The van der Waals surface area contributed by atoms with Crippen LogP contribution in [0, 0.1) is 6.92 Å². The van der Waals surface area contributed by atoms with E-state index in [4.69, 9.17) is 4.99 Å². The molecule has 0 radical (unpaired) electrons. The second-order valence-electron chi connectivity index (χ2n) is 8.23. The Morgan fingerprint density at radius 2 is 1.53 bits per heavy atom. The normalized spacial score (nSPS) is 18.9. The zero-order chi connectivity index (χ0) is 23.2. The van der Waals surface area contributed by atoms with Crippen LogP contribution in [-0.2, 0) is 4.79 Å². The van der Waals surface area contributed by atoms with Gasteiger partial charge in [-0.3, -0.25) is 9.69 Å². The van der Waals surface area contributed by atoms with E-state index in [1.807, 2.05) is 74.6 Å². The lowest BCUT2D eigenvalue weighted by molar-refractivity contribution is -0.113. The lowest BCUT2D eigenvalue weighted by atomic mass is 10.1. The number of anilines is 2. The molecule has 1 fully saturated rings. The third kappa shape index (κ3) is 3.50. The molecular weight excluding hydrogens is 458 g/mol. The van der Waals surface area contributed by atoms with Crippen molar-refractivity contribution in [3.8, 4) is 0 Å². The van der Waals surface area contributed by atoms with Crippen LogP contribution < -0.4 is 9.80 Å². The molecule has 2 aliphatic heterocycles. The number of thioether (sulfide) groups is 2. The van der Waals surface area contributed by atoms with Crippen LogP contribution in [0.1, 0.15) is 5.56 Å². The Hall–Kier alpha value is -3.48. The minimum atomic E-state index is -0.0463. The van der Waals surface area contributed by atoms with Gasteiger partial charge in [0.15, 0.2) is 5.17 Å². The average Bonchev–Trinajstić information content (AvgIpc) is 3.36. The number of aryl methyl sites for hydroxylation is 1. The first kappa shape index (κ1) is 21.1. The van der Waals surface area contributed by atoms with Crippen LogP contribution in [0.4, 0.5) is 17.1 Å². The van der Waals surface area contributed by atoms with Gasteiger partial charge in [0.1, 0.15) is 4.91 Å². The van der Waals surface area contributed by atoms with Crippen molar-refractivity contribution in [1.29, 1.82) is 0 Å². The van der Waals surface area contributed by atoms with E-state index < -0.39 is 0 Å². The van der Waals surface area contributed by atoms with Crippen molar-refractivity contribution in [2.24, 2.45) is 4.99 Å². The highest BCUT2D eigenvalue weighted by Gasteiger charge is 2.40. The lowest BCUT2D eigenvalue weighted by Gasteiger charge is -2.17. The Morgan fingerprint density at radius 3 is 2.35 bits per heavy atom. The zero-order valence-corrected chi connectivity index (χ0v) is 20.4. The summed E-state index contributed by atoms with van der Waals surface area (Å²) >= 11 is 3.08. The predicted molar refractivity (Wildman–Crippen MR) is 145 cm³/mol. The van der Waals surface area contributed by atoms with E-state index >= 15 is 0 Å². The van der Waals surface area contributed by atoms with Gasteiger partial charge in [-0.1, -0.05) is 78.0 Å². The Morgan fingerprint density at radius 1 is 0.794 bits per heavy atom. The van der Waals surface area contributed by atoms with Crippen LogP contribution in [0.25, 0.3) is 10.8 Å². The number of rotatable bonds is 2. The first-order valence-electron chi connectivity index (χ1n) is 11.0. The highest BCUT2D eigenvalue weighted by molar-refractivity contribution is 8.20. The SMILES string of the molecule is Cc1ccc(N2C(=O)C(=C3Sc4ccccc4N3C)SC2=Nc2cccc3ccccc23)cc1. The van der Waals surface area contributed by atoms with E-state index in [0.29, 0.717) is 10.1 Å². The fourth-order valence-electron chi connectivity index (χ4n) is 4.21. The Kier molecular flexibility index (Phi) is 5.20. The number of nitrogens with zero attached hydrogens (tertiary/aromatic N) is 3. The van der Waals surface area contributed by atoms with E-state index in [-0.39, 0.29) is 5.91 Å². The Bertz CT molecular complexity index is 1500. The average molecular weight is 480 g/mol. The number of hydrogen-bond donors (Lipinski definition) is 0. The monoisotopic (exact) mass is 479 g/mol. The van der Waals surface area contributed by atoms with Crippen molar-refractivity contribution in [3.63, 3.8) is 0 Å². The Balaban J connectivity index is 1.50. The number of carbonyl (C=O) groups excluding carboxylic acids is 1. The maximum absolute atomic E-state index is 13.9. The summed E-state index contributed by atoms with van der Waals surface area (Å²) in [6.45, 7) is 2.05. The molecule has 6 rings (SSSR count). The second kappa shape index (κ2) is 8.38. The maximum Gasteiger partial charge on any atom is 0.274 e. The molecule has 6 heteroatoms. The summed E-state index contributed by atoms with van der Waals surface area (Å²) in [7, 11) is 2.02. The maximum atomic E-state index is 13.9. The van der Waals surface area contributed by atoms with Crippen LogP contribution >= 0.6 is 23.5 Å². The number of carbonyl (C=O) groups is 1. The summed E-state index contributed by atoms with van der Waals surface area (Å²) in [5.41, 5.74) is 3.94. The molecule has 4 aromatic rings. The molecule has 1 saturated heterocycles. The van der Waals surface area contributed by atoms with Crippen molar-refractivity contribution in [2.75, 3.05) is 16.8 Å². The van der Waals surface area contributed by atoms with Crippen molar-refractivity contribution >= 4 is 62.4 Å². The topological polar surface area (TPSA) is 35.9 Å². The van der Waals surface area contributed by atoms with Gasteiger partial charge in [-0.25, -0.2) is 4.99 Å². The molecule has 0 N–H and O–H groups in total. The van der Waals surface area contributed by atoms with E-state index in [9.17, 15) is 4.79 Å². The summed E-state index contributed by atoms with van der Waals surface area (Å²) in [5, 5.41) is 3.80. The Labute approximate surface area is 207 Å².